The summed E-state index contributed by atoms with van der Waals surface area (Å²) in [5.41, 5.74) is 7.59. The minimum Gasteiger partial charge on any atom is -0.496 e. The quantitative estimate of drug-likeness (QED) is 0.665. The van der Waals surface area contributed by atoms with Crippen LogP contribution in [-0.4, -0.2) is 12.1 Å². The number of benzene rings is 1. The van der Waals surface area contributed by atoms with Crippen molar-refractivity contribution in [3.63, 3.8) is 0 Å². The smallest absolute Gasteiger partial charge is 0.134 e. The van der Waals surface area contributed by atoms with Crippen LogP contribution in [0.4, 0.5) is 5.69 Å². The Hall–Kier alpha value is -1.20. The van der Waals surface area contributed by atoms with E-state index >= 15 is 0 Å². The molecule has 0 fully saturated rings. The summed E-state index contributed by atoms with van der Waals surface area (Å²) in [6, 6.07) is 5.74. The Kier molecular flexibility index (Phi) is 4.71. The molecule has 1 aromatic heterocycles. The molecule has 0 atom stereocenters. The van der Waals surface area contributed by atoms with Gasteiger partial charge in [-0.3, -0.25) is 0 Å². The average Bonchev–Trinajstić information content (AvgIpc) is 2.86. The maximum absolute atomic E-state index is 5.75. The van der Waals surface area contributed by atoms with Crippen molar-refractivity contribution in [3.8, 4) is 5.75 Å². The monoisotopic (exact) mass is 294 g/mol. The normalized spacial score (nSPS) is 10.9. The predicted octanol–water partition coefficient (Wildman–Crippen LogP) is 4.15. The van der Waals surface area contributed by atoms with E-state index in [2.05, 4.69) is 24.2 Å². The van der Waals surface area contributed by atoms with E-state index in [1.165, 1.54) is 5.01 Å². The van der Waals surface area contributed by atoms with Crippen LogP contribution in [0.5, 0.6) is 5.75 Å². The van der Waals surface area contributed by atoms with Gasteiger partial charge in [-0.1, -0.05) is 13.8 Å². The maximum atomic E-state index is 5.75. The van der Waals surface area contributed by atoms with Gasteiger partial charge in [-0.2, -0.15) is 0 Å². The lowest BCUT2D eigenvalue weighted by Crippen LogP contribution is -1.91. The highest BCUT2D eigenvalue weighted by atomic mass is 32.2. The molecule has 3 nitrogen and oxygen atoms in total. The molecule has 0 aliphatic heterocycles. The third kappa shape index (κ3) is 3.64. The van der Waals surface area contributed by atoms with Gasteiger partial charge < -0.3 is 10.5 Å². The maximum Gasteiger partial charge on any atom is 0.134 e. The highest BCUT2D eigenvalue weighted by Crippen LogP contribution is 2.33. The van der Waals surface area contributed by atoms with E-state index in [9.17, 15) is 0 Å². The number of thioether (sulfide) groups is 1. The molecule has 0 aliphatic rings. The van der Waals surface area contributed by atoms with Gasteiger partial charge in [-0.05, 0) is 12.1 Å². The second-order valence-corrected chi connectivity index (χ2v) is 6.44. The fraction of sp³-hybridized carbons (Fsp3) is 0.357. The Morgan fingerprint density at radius 3 is 2.84 bits per heavy atom. The lowest BCUT2D eigenvalue weighted by Gasteiger charge is -2.08. The molecule has 102 valence electrons. The fourth-order valence-electron chi connectivity index (χ4n) is 1.61. The van der Waals surface area contributed by atoms with Crippen LogP contribution < -0.4 is 10.5 Å². The number of nitrogens with zero attached hydrogens (tertiary/aromatic N) is 1. The molecule has 2 aromatic rings. The zero-order valence-electron chi connectivity index (χ0n) is 11.3. The molecular formula is C14H18N2OS2. The zero-order valence-corrected chi connectivity index (χ0v) is 13.0. The van der Waals surface area contributed by atoms with Crippen molar-refractivity contribution in [3.05, 3.63) is 34.3 Å². The first-order valence-corrected chi connectivity index (χ1v) is 7.97. The van der Waals surface area contributed by atoms with Gasteiger partial charge in [0.1, 0.15) is 5.75 Å². The van der Waals surface area contributed by atoms with E-state index in [0.717, 1.165) is 27.8 Å². The van der Waals surface area contributed by atoms with Crippen LogP contribution in [0.3, 0.4) is 0 Å². The van der Waals surface area contributed by atoms with Crippen LogP contribution in [0.25, 0.3) is 0 Å². The first kappa shape index (κ1) is 14.2. The van der Waals surface area contributed by atoms with Crippen molar-refractivity contribution in [2.45, 2.75) is 30.4 Å². The number of aromatic nitrogens is 1. The van der Waals surface area contributed by atoms with E-state index < -0.39 is 0 Å². The summed E-state index contributed by atoms with van der Waals surface area (Å²) in [5.74, 6) is 2.17. The Morgan fingerprint density at radius 2 is 2.21 bits per heavy atom. The molecule has 0 radical (unpaired) electrons. The molecule has 0 saturated heterocycles. The van der Waals surface area contributed by atoms with Gasteiger partial charge in [-0.15, -0.1) is 23.1 Å². The van der Waals surface area contributed by atoms with Gasteiger partial charge in [0.2, 0.25) is 0 Å². The van der Waals surface area contributed by atoms with Gasteiger partial charge >= 0.3 is 0 Å². The molecule has 0 bridgehead atoms. The summed E-state index contributed by atoms with van der Waals surface area (Å²) in [4.78, 5) is 5.72. The van der Waals surface area contributed by atoms with Crippen molar-refractivity contribution >= 4 is 28.8 Å². The summed E-state index contributed by atoms with van der Waals surface area (Å²) < 4.78 is 5.34. The third-order valence-electron chi connectivity index (χ3n) is 2.63. The number of ether oxygens (including phenoxy) is 1. The minimum absolute atomic E-state index is 0.495. The molecule has 0 saturated carbocycles. The van der Waals surface area contributed by atoms with Crippen LogP contribution in [-0.2, 0) is 5.75 Å². The van der Waals surface area contributed by atoms with E-state index in [-0.39, 0.29) is 0 Å². The van der Waals surface area contributed by atoms with Crippen molar-refractivity contribution in [1.82, 2.24) is 4.98 Å². The van der Waals surface area contributed by atoms with Gasteiger partial charge in [0.15, 0.2) is 0 Å². The van der Waals surface area contributed by atoms with Crippen LogP contribution in [0, 0.1) is 0 Å². The number of hydrogen-bond acceptors (Lipinski definition) is 5. The van der Waals surface area contributed by atoms with Gasteiger partial charge in [0.05, 0.1) is 17.8 Å². The second-order valence-electron chi connectivity index (χ2n) is 4.53. The lowest BCUT2D eigenvalue weighted by molar-refractivity contribution is 0.405. The lowest BCUT2D eigenvalue weighted by atomic mass is 10.2. The SMILES string of the molecule is COc1cc(N)ccc1SCc1csc(C(C)C)n1. The van der Waals surface area contributed by atoms with Crippen molar-refractivity contribution < 1.29 is 4.74 Å². The van der Waals surface area contributed by atoms with E-state index in [4.69, 9.17) is 10.5 Å². The molecule has 1 aromatic carbocycles. The van der Waals surface area contributed by atoms with Gasteiger partial charge in [0, 0.05) is 33.7 Å². The van der Waals surface area contributed by atoms with E-state index in [1.54, 1.807) is 30.2 Å². The van der Waals surface area contributed by atoms with Crippen molar-refractivity contribution in [2.24, 2.45) is 0 Å². The third-order valence-corrected chi connectivity index (χ3v) is 4.91. The molecular weight excluding hydrogens is 276 g/mol. The number of hydrogen-bond donors (Lipinski definition) is 1. The largest absolute Gasteiger partial charge is 0.496 e. The standard InChI is InChI=1S/C14H18N2OS2/c1-9(2)14-16-11(8-19-14)7-18-13-5-4-10(15)6-12(13)17-3/h4-6,8-9H,7,15H2,1-3H3. The molecule has 5 heteroatoms. The summed E-state index contributed by atoms with van der Waals surface area (Å²) in [7, 11) is 1.67. The van der Waals surface area contributed by atoms with Crippen LogP contribution >= 0.6 is 23.1 Å². The Morgan fingerprint density at radius 1 is 1.42 bits per heavy atom. The Balaban J connectivity index is 2.05. The van der Waals surface area contributed by atoms with Gasteiger partial charge in [0.25, 0.3) is 0 Å². The summed E-state index contributed by atoms with van der Waals surface area (Å²) >= 11 is 3.45. The van der Waals surface area contributed by atoms with Crippen molar-refractivity contribution in [1.29, 1.82) is 0 Å². The number of anilines is 1. The Bertz CT molecular complexity index is 552. The summed E-state index contributed by atoms with van der Waals surface area (Å²) in [5, 5.41) is 3.33. The molecule has 0 spiro atoms. The molecule has 2 rings (SSSR count). The number of nitrogen functional groups attached to an aromatic ring is 1. The van der Waals surface area contributed by atoms with Crippen molar-refractivity contribution in [2.75, 3.05) is 12.8 Å². The van der Waals surface area contributed by atoms with E-state index in [1.807, 2.05) is 18.2 Å². The summed E-state index contributed by atoms with van der Waals surface area (Å²) in [6.45, 7) is 4.33. The first-order chi connectivity index (χ1) is 9.10. The predicted molar refractivity (Wildman–Crippen MR) is 83.2 cm³/mol. The molecule has 0 amide bonds. The summed E-state index contributed by atoms with van der Waals surface area (Å²) in [6.07, 6.45) is 0. The molecule has 0 unspecified atom stereocenters. The van der Waals surface area contributed by atoms with Crippen LogP contribution in [0.15, 0.2) is 28.5 Å². The van der Waals surface area contributed by atoms with E-state index in [0.29, 0.717) is 5.92 Å². The van der Waals surface area contributed by atoms with Crippen LogP contribution in [0.1, 0.15) is 30.5 Å². The number of methoxy groups -OCH3 is 1. The minimum atomic E-state index is 0.495. The number of rotatable bonds is 5. The van der Waals surface area contributed by atoms with Gasteiger partial charge in [-0.25, -0.2) is 4.98 Å². The average molecular weight is 294 g/mol. The second kappa shape index (κ2) is 6.30. The molecule has 1 heterocycles. The highest BCUT2D eigenvalue weighted by Gasteiger charge is 2.08. The number of nitrogens with two attached hydrogens (primary N) is 1. The topological polar surface area (TPSA) is 48.1 Å². The molecule has 19 heavy (non-hydrogen) atoms. The fourth-order valence-corrected chi connectivity index (χ4v) is 3.45. The highest BCUT2D eigenvalue weighted by molar-refractivity contribution is 7.98. The van der Waals surface area contributed by atoms with Crippen LogP contribution in [0.2, 0.25) is 0 Å². The molecule has 0 aliphatic carbocycles. The zero-order chi connectivity index (χ0) is 13.8. The molecule has 2 N–H and O–H groups in total. The first-order valence-electron chi connectivity index (χ1n) is 6.10. The number of thiazole rings is 1. The Labute approximate surface area is 122 Å².